The standard InChI is InChI=1S/C7H12FNO3/c1-5(7(11)12-3)6(10)9(2)4-8/h5H,4H2,1-3H3/t5-/m0/s1. The summed E-state index contributed by atoms with van der Waals surface area (Å²) in [6.07, 6.45) is 0. The third-order valence-electron chi connectivity index (χ3n) is 1.48. The van der Waals surface area contributed by atoms with Crippen molar-refractivity contribution in [1.29, 1.82) is 0 Å². The Kier molecular flexibility index (Phi) is 4.25. The molecule has 4 nitrogen and oxygen atoms in total. The van der Waals surface area contributed by atoms with Crippen LogP contribution in [-0.2, 0) is 14.3 Å². The summed E-state index contributed by atoms with van der Waals surface area (Å²) in [7, 11) is 2.46. The van der Waals surface area contributed by atoms with E-state index in [4.69, 9.17) is 0 Å². The van der Waals surface area contributed by atoms with Crippen LogP contribution in [0.4, 0.5) is 4.39 Å². The maximum absolute atomic E-state index is 11.9. The predicted molar refractivity (Wildman–Crippen MR) is 39.9 cm³/mol. The highest BCUT2D eigenvalue weighted by atomic mass is 19.1. The van der Waals surface area contributed by atoms with E-state index in [9.17, 15) is 14.0 Å². The van der Waals surface area contributed by atoms with Gasteiger partial charge in [-0.15, -0.1) is 0 Å². The fraction of sp³-hybridized carbons (Fsp3) is 0.714. The molecule has 12 heavy (non-hydrogen) atoms. The lowest BCUT2D eigenvalue weighted by molar-refractivity contribution is -0.152. The van der Waals surface area contributed by atoms with Gasteiger partial charge < -0.3 is 9.64 Å². The van der Waals surface area contributed by atoms with Crippen LogP contribution in [0.2, 0.25) is 0 Å². The van der Waals surface area contributed by atoms with Gasteiger partial charge in [-0.05, 0) is 6.92 Å². The molecule has 1 amide bonds. The molecule has 0 saturated carbocycles. The Balaban J connectivity index is 4.19. The van der Waals surface area contributed by atoms with E-state index in [1.54, 1.807) is 0 Å². The number of rotatable bonds is 3. The zero-order chi connectivity index (χ0) is 9.72. The molecule has 0 heterocycles. The summed E-state index contributed by atoms with van der Waals surface area (Å²) in [5, 5.41) is 0. The molecule has 0 N–H and O–H groups in total. The minimum atomic E-state index is -0.934. The van der Waals surface area contributed by atoms with Gasteiger partial charge in [0.25, 0.3) is 0 Å². The predicted octanol–water partition coefficient (Wildman–Crippen LogP) is 0.181. The molecular formula is C7H12FNO3. The van der Waals surface area contributed by atoms with E-state index >= 15 is 0 Å². The van der Waals surface area contributed by atoms with E-state index in [0.29, 0.717) is 0 Å². The lowest BCUT2D eigenvalue weighted by atomic mass is 10.1. The maximum Gasteiger partial charge on any atom is 0.317 e. The lowest BCUT2D eigenvalue weighted by Crippen LogP contribution is -2.35. The molecule has 0 unspecified atom stereocenters. The first-order valence-electron chi connectivity index (χ1n) is 3.43. The lowest BCUT2D eigenvalue weighted by Gasteiger charge is -2.15. The number of esters is 1. The van der Waals surface area contributed by atoms with Crippen molar-refractivity contribution in [2.75, 3.05) is 21.0 Å². The first-order valence-corrected chi connectivity index (χ1v) is 3.43. The number of methoxy groups -OCH3 is 1. The van der Waals surface area contributed by atoms with Gasteiger partial charge in [0.2, 0.25) is 5.91 Å². The first kappa shape index (κ1) is 10.9. The third kappa shape index (κ3) is 2.48. The molecule has 1 atom stereocenters. The number of hydrogen-bond donors (Lipinski definition) is 0. The van der Waals surface area contributed by atoms with E-state index in [1.165, 1.54) is 21.1 Å². The Morgan fingerprint density at radius 2 is 2.08 bits per heavy atom. The molecule has 0 fully saturated rings. The van der Waals surface area contributed by atoms with Gasteiger partial charge in [0.05, 0.1) is 7.11 Å². The van der Waals surface area contributed by atoms with Crippen molar-refractivity contribution >= 4 is 11.9 Å². The van der Waals surface area contributed by atoms with Gasteiger partial charge in [0.1, 0.15) is 5.92 Å². The van der Waals surface area contributed by atoms with Gasteiger partial charge in [-0.2, -0.15) is 0 Å². The van der Waals surface area contributed by atoms with Crippen molar-refractivity contribution in [3.8, 4) is 0 Å². The average Bonchev–Trinajstić information content (AvgIpc) is 2.12. The zero-order valence-corrected chi connectivity index (χ0v) is 7.33. The van der Waals surface area contributed by atoms with Crippen LogP contribution in [0.1, 0.15) is 6.92 Å². The molecule has 0 aromatic heterocycles. The Morgan fingerprint density at radius 1 is 1.58 bits per heavy atom. The second kappa shape index (κ2) is 4.69. The van der Waals surface area contributed by atoms with Crippen LogP contribution < -0.4 is 0 Å². The van der Waals surface area contributed by atoms with Crippen LogP contribution in [0.25, 0.3) is 0 Å². The van der Waals surface area contributed by atoms with E-state index in [-0.39, 0.29) is 0 Å². The largest absolute Gasteiger partial charge is 0.468 e. The highest BCUT2D eigenvalue weighted by molar-refractivity contribution is 5.97. The summed E-state index contributed by atoms with van der Waals surface area (Å²) in [5.74, 6) is -2.17. The highest BCUT2D eigenvalue weighted by Crippen LogP contribution is 2.02. The number of amides is 1. The monoisotopic (exact) mass is 177 g/mol. The highest BCUT2D eigenvalue weighted by Gasteiger charge is 2.24. The zero-order valence-electron chi connectivity index (χ0n) is 7.33. The minimum Gasteiger partial charge on any atom is -0.468 e. The quantitative estimate of drug-likeness (QED) is 0.351. The van der Waals surface area contributed by atoms with Crippen molar-refractivity contribution in [2.45, 2.75) is 6.92 Å². The van der Waals surface area contributed by atoms with Crippen molar-refractivity contribution in [3.05, 3.63) is 0 Å². The molecule has 0 bridgehead atoms. The number of carbonyl (C=O) groups excluding carboxylic acids is 2. The van der Waals surface area contributed by atoms with Crippen molar-refractivity contribution in [1.82, 2.24) is 4.90 Å². The number of carbonyl (C=O) groups is 2. The fourth-order valence-electron chi connectivity index (χ4n) is 0.667. The van der Waals surface area contributed by atoms with Gasteiger partial charge in [-0.25, -0.2) is 4.39 Å². The summed E-state index contributed by atoms with van der Waals surface area (Å²) in [6, 6.07) is 0. The average molecular weight is 177 g/mol. The van der Waals surface area contributed by atoms with Crippen molar-refractivity contribution < 1.29 is 18.7 Å². The molecule has 0 radical (unpaired) electrons. The van der Waals surface area contributed by atoms with Gasteiger partial charge in [0, 0.05) is 7.05 Å². The normalized spacial score (nSPS) is 12.0. The number of ether oxygens (including phenoxy) is 1. The second-order valence-electron chi connectivity index (χ2n) is 2.40. The molecule has 0 spiro atoms. The Morgan fingerprint density at radius 3 is 2.42 bits per heavy atom. The molecular weight excluding hydrogens is 165 g/mol. The van der Waals surface area contributed by atoms with Gasteiger partial charge in [-0.3, -0.25) is 9.59 Å². The topological polar surface area (TPSA) is 46.6 Å². The fourth-order valence-corrected chi connectivity index (χ4v) is 0.667. The van der Waals surface area contributed by atoms with E-state index in [2.05, 4.69) is 4.74 Å². The smallest absolute Gasteiger partial charge is 0.317 e. The number of alkyl halides is 1. The van der Waals surface area contributed by atoms with Crippen LogP contribution in [0.3, 0.4) is 0 Å². The summed E-state index contributed by atoms with van der Waals surface area (Å²) in [4.78, 5) is 22.7. The number of halogens is 1. The maximum atomic E-state index is 11.9. The van der Waals surface area contributed by atoms with E-state index < -0.39 is 24.6 Å². The summed E-state index contributed by atoms with van der Waals surface area (Å²) in [6.45, 7) is 0.473. The minimum absolute atomic E-state index is 0.579. The molecule has 70 valence electrons. The molecule has 0 aliphatic heterocycles. The van der Waals surface area contributed by atoms with Gasteiger partial charge in [-0.1, -0.05) is 0 Å². The molecule has 0 aliphatic rings. The molecule has 0 aliphatic carbocycles. The van der Waals surface area contributed by atoms with Crippen LogP contribution in [0, 0.1) is 5.92 Å². The Bertz CT molecular complexity index is 183. The molecule has 5 heteroatoms. The van der Waals surface area contributed by atoms with Crippen LogP contribution in [0.5, 0.6) is 0 Å². The molecule has 0 aromatic carbocycles. The summed E-state index contributed by atoms with van der Waals surface area (Å²) < 4.78 is 16.2. The van der Waals surface area contributed by atoms with Crippen LogP contribution in [0.15, 0.2) is 0 Å². The summed E-state index contributed by atoms with van der Waals surface area (Å²) in [5.41, 5.74) is 0. The molecule has 0 rings (SSSR count). The van der Waals surface area contributed by atoms with Gasteiger partial charge >= 0.3 is 5.97 Å². The Hall–Kier alpha value is -1.13. The van der Waals surface area contributed by atoms with Crippen LogP contribution >= 0.6 is 0 Å². The third-order valence-corrected chi connectivity index (χ3v) is 1.48. The number of nitrogens with zero attached hydrogens (tertiary/aromatic N) is 1. The van der Waals surface area contributed by atoms with Crippen molar-refractivity contribution in [3.63, 3.8) is 0 Å². The number of hydrogen-bond acceptors (Lipinski definition) is 3. The van der Waals surface area contributed by atoms with Crippen LogP contribution in [-0.4, -0.2) is 37.7 Å². The molecule has 0 aromatic rings. The van der Waals surface area contributed by atoms with Crippen molar-refractivity contribution in [2.24, 2.45) is 5.92 Å². The molecule has 0 saturated heterocycles. The second-order valence-corrected chi connectivity index (χ2v) is 2.40. The first-order chi connectivity index (χ1) is 5.54. The van der Waals surface area contributed by atoms with E-state index in [1.807, 2.05) is 0 Å². The SMILES string of the molecule is COC(=O)[C@@H](C)C(=O)N(C)CF. The summed E-state index contributed by atoms with van der Waals surface area (Å²) >= 11 is 0. The van der Waals surface area contributed by atoms with Gasteiger partial charge in [0.15, 0.2) is 6.80 Å². The van der Waals surface area contributed by atoms with E-state index in [0.717, 1.165) is 4.90 Å². The Labute approximate surface area is 70.3 Å².